The number of hydrogen-bond donors (Lipinski definition) is 1. The third-order valence-corrected chi connectivity index (χ3v) is 4.87. The average molecular weight is 372 g/mol. The maximum atomic E-state index is 12.8. The van der Waals surface area contributed by atoms with E-state index in [1.165, 1.54) is 6.42 Å². The summed E-state index contributed by atoms with van der Waals surface area (Å²) in [6.45, 7) is 4.95. The van der Waals surface area contributed by atoms with Crippen LogP contribution in [0.5, 0.6) is 0 Å². The van der Waals surface area contributed by atoms with E-state index in [4.69, 9.17) is 11.6 Å². The number of halogens is 1. The smallest absolute Gasteiger partial charge is 0.252 e. The molecule has 1 amide bonds. The Morgan fingerprint density at radius 3 is 2.27 bits per heavy atom. The molecule has 0 aliphatic rings. The van der Waals surface area contributed by atoms with Crippen molar-refractivity contribution in [2.75, 3.05) is 6.54 Å². The van der Waals surface area contributed by atoms with Crippen LogP contribution in [0.25, 0.3) is 0 Å². The van der Waals surface area contributed by atoms with Crippen LogP contribution in [-0.4, -0.2) is 18.2 Å². The summed E-state index contributed by atoms with van der Waals surface area (Å²) in [6.07, 6.45) is 4.47. The first-order valence-electron chi connectivity index (χ1n) is 9.24. The van der Waals surface area contributed by atoms with Gasteiger partial charge in [0.1, 0.15) is 0 Å². The Morgan fingerprint density at radius 2 is 1.65 bits per heavy atom. The molecule has 0 aliphatic carbocycles. The summed E-state index contributed by atoms with van der Waals surface area (Å²) in [4.78, 5) is 25.5. The second-order valence-corrected chi connectivity index (χ2v) is 6.94. The molecule has 0 saturated carbocycles. The summed E-state index contributed by atoms with van der Waals surface area (Å²) in [7, 11) is 0. The normalized spacial score (nSPS) is 11.8. The predicted octanol–water partition coefficient (Wildman–Crippen LogP) is 5.52. The van der Waals surface area contributed by atoms with Crippen molar-refractivity contribution >= 4 is 23.3 Å². The molecule has 0 heterocycles. The Balaban J connectivity index is 2.13. The minimum Gasteiger partial charge on any atom is -0.352 e. The van der Waals surface area contributed by atoms with Gasteiger partial charge in [-0.3, -0.25) is 9.59 Å². The Hall–Kier alpha value is -2.13. The SMILES string of the molecule is CCCC[C@H](CC)CNC(=O)c1ccccc1C(=O)c1ccc(Cl)cc1. The van der Waals surface area contributed by atoms with E-state index in [-0.39, 0.29) is 11.7 Å². The molecule has 26 heavy (non-hydrogen) atoms. The van der Waals surface area contributed by atoms with Crippen LogP contribution in [0.15, 0.2) is 48.5 Å². The van der Waals surface area contributed by atoms with Crippen molar-refractivity contribution in [1.82, 2.24) is 5.32 Å². The fourth-order valence-electron chi connectivity index (χ4n) is 2.91. The highest BCUT2D eigenvalue weighted by Gasteiger charge is 2.18. The molecule has 0 saturated heterocycles. The summed E-state index contributed by atoms with van der Waals surface area (Å²) >= 11 is 5.89. The highest BCUT2D eigenvalue weighted by Crippen LogP contribution is 2.18. The van der Waals surface area contributed by atoms with Gasteiger partial charge in [0.05, 0.1) is 5.56 Å². The van der Waals surface area contributed by atoms with Crippen LogP contribution in [0.4, 0.5) is 0 Å². The van der Waals surface area contributed by atoms with Gasteiger partial charge in [-0.2, -0.15) is 0 Å². The molecule has 0 radical (unpaired) electrons. The third kappa shape index (κ3) is 5.43. The lowest BCUT2D eigenvalue weighted by Gasteiger charge is -2.16. The van der Waals surface area contributed by atoms with Crippen LogP contribution in [0.3, 0.4) is 0 Å². The maximum absolute atomic E-state index is 12.8. The predicted molar refractivity (Wildman–Crippen MR) is 107 cm³/mol. The number of carbonyl (C=O) groups is 2. The second-order valence-electron chi connectivity index (χ2n) is 6.51. The van der Waals surface area contributed by atoms with Gasteiger partial charge in [0.2, 0.25) is 0 Å². The van der Waals surface area contributed by atoms with E-state index in [1.54, 1.807) is 48.5 Å². The molecule has 0 spiro atoms. The number of unbranched alkanes of at least 4 members (excludes halogenated alkanes) is 1. The van der Waals surface area contributed by atoms with E-state index in [2.05, 4.69) is 19.2 Å². The van der Waals surface area contributed by atoms with Crippen molar-refractivity contribution in [3.05, 3.63) is 70.2 Å². The summed E-state index contributed by atoms with van der Waals surface area (Å²) in [5, 5.41) is 3.58. The molecule has 4 heteroatoms. The van der Waals surface area contributed by atoms with E-state index < -0.39 is 0 Å². The molecule has 2 aromatic carbocycles. The van der Waals surface area contributed by atoms with Crippen molar-refractivity contribution < 1.29 is 9.59 Å². The minimum absolute atomic E-state index is 0.176. The number of hydrogen-bond acceptors (Lipinski definition) is 2. The van der Waals surface area contributed by atoms with E-state index >= 15 is 0 Å². The van der Waals surface area contributed by atoms with E-state index in [0.717, 1.165) is 19.3 Å². The van der Waals surface area contributed by atoms with Gasteiger partial charge in [0, 0.05) is 22.7 Å². The fraction of sp³-hybridized carbons (Fsp3) is 0.364. The molecule has 0 aliphatic heterocycles. The van der Waals surface area contributed by atoms with Crippen molar-refractivity contribution in [3.8, 4) is 0 Å². The van der Waals surface area contributed by atoms with E-state index in [9.17, 15) is 9.59 Å². The molecule has 0 unspecified atom stereocenters. The lowest BCUT2D eigenvalue weighted by Crippen LogP contribution is -2.30. The molecule has 2 rings (SSSR count). The molecule has 0 aromatic heterocycles. The highest BCUT2D eigenvalue weighted by atomic mass is 35.5. The standard InChI is InChI=1S/C22H26ClNO2/c1-3-5-8-16(4-2)15-24-22(26)20-10-7-6-9-19(20)21(25)17-11-13-18(23)14-12-17/h6-7,9-14,16H,3-5,8,15H2,1-2H3,(H,24,26)/t16-/m0/s1. The molecule has 2 aromatic rings. The zero-order valence-electron chi connectivity index (χ0n) is 15.4. The van der Waals surface area contributed by atoms with Crippen LogP contribution in [0.1, 0.15) is 65.8 Å². The number of benzene rings is 2. The van der Waals surface area contributed by atoms with Crippen molar-refractivity contribution in [2.45, 2.75) is 39.5 Å². The maximum Gasteiger partial charge on any atom is 0.252 e. The number of nitrogens with one attached hydrogen (secondary N) is 1. The zero-order chi connectivity index (χ0) is 18.9. The van der Waals surface area contributed by atoms with Gasteiger partial charge in [-0.1, -0.05) is 62.9 Å². The van der Waals surface area contributed by atoms with Gasteiger partial charge >= 0.3 is 0 Å². The summed E-state index contributed by atoms with van der Waals surface area (Å²) in [5.41, 5.74) is 1.34. The summed E-state index contributed by atoms with van der Waals surface area (Å²) < 4.78 is 0. The quantitative estimate of drug-likeness (QED) is 0.590. The molecule has 3 nitrogen and oxygen atoms in total. The Labute approximate surface area is 160 Å². The number of carbonyl (C=O) groups excluding carboxylic acids is 2. The van der Waals surface area contributed by atoms with Gasteiger partial charge in [0.15, 0.2) is 5.78 Å². The summed E-state index contributed by atoms with van der Waals surface area (Å²) in [6, 6.07) is 13.7. The molecule has 0 fully saturated rings. The number of rotatable bonds is 9. The highest BCUT2D eigenvalue weighted by molar-refractivity contribution is 6.30. The van der Waals surface area contributed by atoms with E-state index in [0.29, 0.717) is 34.2 Å². The topological polar surface area (TPSA) is 46.2 Å². The first kappa shape index (κ1) is 20.2. The summed E-state index contributed by atoms with van der Waals surface area (Å²) in [5.74, 6) is 0.0985. The monoisotopic (exact) mass is 371 g/mol. The van der Waals surface area contributed by atoms with Gasteiger partial charge in [-0.15, -0.1) is 0 Å². The third-order valence-electron chi connectivity index (χ3n) is 4.62. The van der Waals surface area contributed by atoms with Gasteiger partial charge in [0.25, 0.3) is 5.91 Å². The van der Waals surface area contributed by atoms with E-state index in [1.807, 2.05) is 0 Å². The van der Waals surface area contributed by atoms with Crippen LogP contribution < -0.4 is 5.32 Å². The fourth-order valence-corrected chi connectivity index (χ4v) is 3.04. The average Bonchev–Trinajstić information content (AvgIpc) is 2.68. The lowest BCUT2D eigenvalue weighted by molar-refractivity contribution is 0.0935. The molecule has 1 atom stereocenters. The van der Waals surface area contributed by atoms with Crippen molar-refractivity contribution in [1.29, 1.82) is 0 Å². The van der Waals surface area contributed by atoms with Gasteiger partial charge in [-0.05, 0) is 42.7 Å². The Bertz CT molecular complexity index is 740. The first-order valence-corrected chi connectivity index (χ1v) is 9.62. The van der Waals surface area contributed by atoms with Crippen molar-refractivity contribution in [2.24, 2.45) is 5.92 Å². The minimum atomic E-state index is -0.196. The molecule has 138 valence electrons. The van der Waals surface area contributed by atoms with Crippen LogP contribution >= 0.6 is 11.6 Å². The van der Waals surface area contributed by atoms with Gasteiger partial charge in [-0.25, -0.2) is 0 Å². The molecular formula is C22H26ClNO2. The zero-order valence-corrected chi connectivity index (χ0v) is 16.2. The van der Waals surface area contributed by atoms with Gasteiger partial charge < -0.3 is 5.32 Å². The van der Waals surface area contributed by atoms with Crippen LogP contribution in [0.2, 0.25) is 5.02 Å². The van der Waals surface area contributed by atoms with Crippen LogP contribution in [0, 0.1) is 5.92 Å². The number of amides is 1. The second kappa shape index (κ2) is 10.1. The van der Waals surface area contributed by atoms with Crippen molar-refractivity contribution in [3.63, 3.8) is 0 Å². The Morgan fingerprint density at radius 1 is 1.00 bits per heavy atom. The van der Waals surface area contributed by atoms with Crippen LogP contribution in [-0.2, 0) is 0 Å². The number of ketones is 1. The first-order chi connectivity index (χ1) is 12.6. The molecule has 1 N–H and O–H groups in total. The molecular weight excluding hydrogens is 346 g/mol. The lowest BCUT2D eigenvalue weighted by atomic mass is 9.97. The molecule has 0 bridgehead atoms. The Kier molecular flexibility index (Phi) is 7.86. The largest absolute Gasteiger partial charge is 0.352 e.